The molecule has 1 unspecified atom stereocenters. The van der Waals surface area contributed by atoms with Crippen LogP contribution in [0.4, 0.5) is 0 Å². The molecule has 0 aliphatic carbocycles. The molecule has 0 saturated heterocycles. The molecule has 0 saturated carbocycles. The Morgan fingerprint density at radius 3 is 2.64 bits per heavy atom. The van der Waals surface area contributed by atoms with Crippen molar-refractivity contribution in [3.63, 3.8) is 0 Å². The van der Waals surface area contributed by atoms with Crippen LogP contribution in [0.1, 0.15) is 5.56 Å². The highest BCUT2D eigenvalue weighted by atomic mass is 16.6. The van der Waals surface area contributed by atoms with Gasteiger partial charge in [0.05, 0.1) is 6.54 Å². The first-order chi connectivity index (χ1) is 12.2. The van der Waals surface area contributed by atoms with E-state index in [1.807, 2.05) is 54.4 Å². The Balaban J connectivity index is 1.37. The van der Waals surface area contributed by atoms with Gasteiger partial charge in [-0.3, -0.25) is 9.69 Å². The van der Waals surface area contributed by atoms with Crippen LogP contribution in [-0.4, -0.2) is 50.2 Å². The van der Waals surface area contributed by atoms with Crippen LogP contribution in [0.5, 0.6) is 11.5 Å². The van der Waals surface area contributed by atoms with E-state index in [9.17, 15) is 4.79 Å². The van der Waals surface area contributed by atoms with E-state index in [1.54, 1.807) is 0 Å². The Kier molecular flexibility index (Phi) is 5.90. The predicted octanol–water partition coefficient (Wildman–Crippen LogP) is 2.12. The van der Waals surface area contributed by atoms with Gasteiger partial charge in [0.1, 0.15) is 12.7 Å². The van der Waals surface area contributed by atoms with E-state index in [2.05, 4.69) is 17.4 Å². The van der Waals surface area contributed by atoms with Crippen molar-refractivity contribution in [1.82, 2.24) is 10.2 Å². The first-order valence-electron chi connectivity index (χ1n) is 8.58. The summed E-state index contributed by atoms with van der Waals surface area (Å²) in [6.07, 6.45) is 0.768. The molecule has 2 aromatic rings. The van der Waals surface area contributed by atoms with Crippen LogP contribution in [0, 0.1) is 0 Å². The summed E-state index contributed by atoms with van der Waals surface area (Å²) in [6.45, 7) is 2.13. The van der Waals surface area contributed by atoms with E-state index in [0.29, 0.717) is 26.2 Å². The maximum Gasteiger partial charge on any atom is 0.234 e. The fourth-order valence-electron chi connectivity index (χ4n) is 2.86. The van der Waals surface area contributed by atoms with Crippen LogP contribution in [-0.2, 0) is 11.2 Å². The number of rotatable bonds is 7. The molecule has 0 radical (unpaired) electrons. The second kappa shape index (κ2) is 8.53. The quantitative estimate of drug-likeness (QED) is 0.839. The van der Waals surface area contributed by atoms with Gasteiger partial charge in [-0.1, -0.05) is 42.5 Å². The lowest BCUT2D eigenvalue weighted by atomic mass is 10.1. The Hall–Kier alpha value is -2.53. The maximum absolute atomic E-state index is 12.1. The fourth-order valence-corrected chi connectivity index (χ4v) is 2.86. The number of benzene rings is 2. The molecular formula is C20H24N2O3. The molecule has 1 aliphatic rings. The van der Waals surface area contributed by atoms with Crippen LogP contribution in [0.2, 0.25) is 0 Å². The average molecular weight is 340 g/mol. The molecule has 0 aromatic heterocycles. The number of nitrogens with zero attached hydrogens (tertiary/aromatic N) is 1. The Bertz CT molecular complexity index is 690. The number of nitrogens with one attached hydrogen (secondary N) is 1. The Labute approximate surface area is 148 Å². The topological polar surface area (TPSA) is 50.8 Å². The standard InChI is InChI=1S/C20H24N2O3/c1-22(13-17-15-24-18-9-5-6-10-19(18)25-17)14-20(23)21-12-11-16-7-3-2-4-8-16/h2-10,17H,11-15H2,1H3,(H,21,23). The number of carbonyl (C=O) groups is 1. The minimum absolute atomic E-state index is 0.0237. The first-order valence-corrected chi connectivity index (χ1v) is 8.58. The highest BCUT2D eigenvalue weighted by molar-refractivity contribution is 5.77. The normalized spacial score (nSPS) is 15.8. The number of carbonyl (C=O) groups excluding carboxylic acids is 1. The van der Waals surface area contributed by atoms with Gasteiger partial charge >= 0.3 is 0 Å². The zero-order chi connectivity index (χ0) is 17.5. The summed E-state index contributed by atoms with van der Waals surface area (Å²) in [5, 5.41) is 2.96. The molecule has 5 heteroatoms. The number of hydrogen-bond acceptors (Lipinski definition) is 4. The summed E-state index contributed by atoms with van der Waals surface area (Å²) in [4.78, 5) is 14.0. The number of amides is 1. The molecule has 0 bridgehead atoms. The first kappa shape index (κ1) is 17.3. The Morgan fingerprint density at radius 2 is 1.84 bits per heavy atom. The van der Waals surface area contributed by atoms with Crippen LogP contribution < -0.4 is 14.8 Å². The van der Waals surface area contributed by atoms with Gasteiger partial charge < -0.3 is 14.8 Å². The zero-order valence-electron chi connectivity index (χ0n) is 14.5. The lowest BCUT2D eigenvalue weighted by molar-refractivity contribution is -0.122. The third-order valence-corrected chi connectivity index (χ3v) is 4.08. The van der Waals surface area contributed by atoms with Crippen molar-refractivity contribution in [1.29, 1.82) is 0 Å². The van der Waals surface area contributed by atoms with Gasteiger partial charge in [0.2, 0.25) is 5.91 Å². The number of likely N-dealkylation sites (N-methyl/N-ethyl adjacent to an activating group) is 1. The largest absolute Gasteiger partial charge is 0.486 e. The molecule has 1 N–H and O–H groups in total. The summed E-state index contributed by atoms with van der Waals surface area (Å²) in [5.41, 5.74) is 1.22. The number of ether oxygens (including phenoxy) is 2. The molecule has 5 nitrogen and oxygen atoms in total. The molecular weight excluding hydrogens is 316 g/mol. The van der Waals surface area contributed by atoms with Crippen molar-refractivity contribution in [2.24, 2.45) is 0 Å². The van der Waals surface area contributed by atoms with E-state index in [0.717, 1.165) is 17.9 Å². The van der Waals surface area contributed by atoms with Gasteiger partial charge in [-0.05, 0) is 31.2 Å². The second-order valence-corrected chi connectivity index (χ2v) is 6.28. The molecule has 1 aliphatic heterocycles. The van der Waals surface area contributed by atoms with Crippen LogP contribution in [0.3, 0.4) is 0 Å². The van der Waals surface area contributed by atoms with Gasteiger partial charge in [-0.25, -0.2) is 0 Å². The summed E-state index contributed by atoms with van der Waals surface area (Å²) in [6, 6.07) is 17.8. The molecule has 0 spiro atoms. The van der Waals surface area contributed by atoms with E-state index in [1.165, 1.54) is 5.56 Å². The highest BCUT2D eigenvalue weighted by Crippen LogP contribution is 2.30. The third kappa shape index (κ3) is 5.22. The predicted molar refractivity (Wildman–Crippen MR) is 97.0 cm³/mol. The summed E-state index contributed by atoms with van der Waals surface area (Å²) in [7, 11) is 1.92. The van der Waals surface area contributed by atoms with Crippen molar-refractivity contribution in [2.45, 2.75) is 12.5 Å². The maximum atomic E-state index is 12.1. The molecule has 132 valence electrons. The molecule has 25 heavy (non-hydrogen) atoms. The summed E-state index contributed by atoms with van der Waals surface area (Å²) < 4.78 is 11.6. The highest BCUT2D eigenvalue weighted by Gasteiger charge is 2.22. The third-order valence-electron chi connectivity index (χ3n) is 4.08. The molecule has 2 aromatic carbocycles. The van der Waals surface area contributed by atoms with Gasteiger partial charge in [0, 0.05) is 13.1 Å². The van der Waals surface area contributed by atoms with E-state index in [4.69, 9.17) is 9.47 Å². The smallest absolute Gasteiger partial charge is 0.234 e. The van der Waals surface area contributed by atoms with E-state index in [-0.39, 0.29) is 12.0 Å². The molecule has 1 amide bonds. The van der Waals surface area contributed by atoms with Crippen molar-refractivity contribution in [3.8, 4) is 11.5 Å². The van der Waals surface area contributed by atoms with Gasteiger partial charge in [0.25, 0.3) is 0 Å². The minimum Gasteiger partial charge on any atom is -0.486 e. The molecule has 0 fully saturated rings. The number of para-hydroxylation sites is 2. The van der Waals surface area contributed by atoms with Gasteiger partial charge in [-0.15, -0.1) is 0 Å². The molecule has 3 rings (SSSR count). The molecule has 1 heterocycles. The van der Waals surface area contributed by atoms with Crippen LogP contribution in [0.25, 0.3) is 0 Å². The lowest BCUT2D eigenvalue weighted by Gasteiger charge is -2.29. The van der Waals surface area contributed by atoms with E-state index >= 15 is 0 Å². The number of hydrogen-bond donors (Lipinski definition) is 1. The van der Waals surface area contributed by atoms with Crippen molar-refractivity contribution < 1.29 is 14.3 Å². The number of fused-ring (bicyclic) bond motifs is 1. The van der Waals surface area contributed by atoms with Crippen molar-refractivity contribution in [3.05, 3.63) is 60.2 Å². The molecule has 1 atom stereocenters. The summed E-state index contributed by atoms with van der Waals surface area (Å²) in [5.74, 6) is 1.56. The van der Waals surface area contributed by atoms with Crippen LogP contribution in [0.15, 0.2) is 54.6 Å². The van der Waals surface area contributed by atoms with Gasteiger partial charge in [0.15, 0.2) is 11.5 Å². The zero-order valence-corrected chi connectivity index (χ0v) is 14.5. The van der Waals surface area contributed by atoms with Crippen molar-refractivity contribution >= 4 is 5.91 Å². The Morgan fingerprint density at radius 1 is 1.12 bits per heavy atom. The van der Waals surface area contributed by atoms with Crippen molar-refractivity contribution in [2.75, 3.05) is 33.3 Å². The van der Waals surface area contributed by atoms with E-state index < -0.39 is 0 Å². The lowest BCUT2D eigenvalue weighted by Crippen LogP contribution is -2.43. The minimum atomic E-state index is -0.0722. The summed E-state index contributed by atoms with van der Waals surface area (Å²) >= 11 is 0. The SMILES string of the molecule is CN(CC(=O)NCCc1ccccc1)CC1COc2ccccc2O1. The monoisotopic (exact) mass is 340 g/mol. The average Bonchev–Trinajstić information content (AvgIpc) is 2.62. The fraction of sp³-hybridized carbons (Fsp3) is 0.350. The van der Waals surface area contributed by atoms with Gasteiger partial charge in [-0.2, -0.15) is 0 Å². The van der Waals surface area contributed by atoms with Crippen LogP contribution >= 0.6 is 0 Å². The second-order valence-electron chi connectivity index (χ2n) is 6.28.